The molecule has 1 heterocycles. The van der Waals surface area contributed by atoms with Gasteiger partial charge in [0.1, 0.15) is 18.1 Å². The van der Waals surface area contributed by atoms with E-state index in [0.717, 1.165) is 22.1 Å². The van der Waals surface area contributed by atoms with Gasteiger partial charge in [0.05, 0.1) is 13.2 Å². The maximum atomic E-state index is 5.79. The second-order valence-corrected chi connectivity index (χ2v) is 4.13. The van der Waals surface area contributed by atoms with Gasteiger partial charge in [-0.2, -0.15) is 0 Å². The number of benzene rings is 1. The Labute approximate surface area is 105 Å². The summed E-state index contributed by atoms with van der Waals surface area (Å²) >= 11 is 5.79. The predicted molar refractivity (Wildman–Crippen MR) is 66.5 cm³/mol. The molecule has 90 valence electrons. The molecule has 1 aromatic carbocycles. The van der Waals surface area contributed by atoms with E-state index >= 15 is 0 Å². The van der Waals surface area contributed by atoms with Crippen molar-refractivity contribution in [1.29, 1.82) is 0 Å². The molecule has 0 spiro atoms. The maximum absolute atomic E-state index is 5.79. The van der Waals surface area contributed by atoms with Crippen LogP contribution in [0.3, 0.4) is 0 Å². The van der Waals surface area contributed by atoms with Crippen molar-refractivity contribution in [1.82, 2.24) is 0 Å². The van der Waals surface area contributed by atoms with Gasteiger partial charge < -0.3 is 14.9 Å². The van der Waals surface area contributed by atoms with Crippen LogP contribution in [0.5, 0.6) is 0 Å². The summed E-state index contributed by atoms with van der Waals surface area (Å²) in [6.07, 6.45) is 0. The second kappa shape index (κ2) is 5.87. The number of halogens is 1. The Balaban J connectivity index is 1.81. The average molecular weight is 252 g/mol. The number of furan rings is 1. The van der Waals surface area contributed by atoms with Gasteiger partial charge in [-0.15, -0.1) is 0 Å². The number of ether oxygens (including phenoxy) is 1. The molecule has 0 aliphatic rings. The Morgan fingerprint density at radius 2 is 1.71 bits per heavy atom. The third kappa shape index (κ3) is 3.60. The zero-order chi connectivity index (χ0) is 12.1. The van der Waals surface area contributed by atoms with E-state index in [-0.39, 0.29) is 0 Å². The van der Waals surface area contributed by atoms with Crippen molar-refractivity contribution in [3.63, 3.8) is 0 Å². The van der Waals surface area contributed by atoms with E-state index in [1.54, 1.807) is 0 Å². The van der Waals surface area contributed by atoms with Crippen LogP contribution in [0.4, 0.5) is 0 Å². The van der Waals surface area contributed by atoms with Gasteiger partial charge in [0.25, 0.3) is 0 Å². The van der Waals surface area contributed by atoms with Crippen LogP contribution >= 0.6 is 11.6 Å². The Hall–Kier alpha value is -1.29. The number of rotatable bonds is 5. The average Bonchev–Trinajstić information content (AvgIpc) is 2.80. The lowest BCUT2D eigenvalue weighted by Gasteiger charge is -2.02. The Kier molecular flexibility index (Phi) is 4.20. The van der Waals surface area contributed by atoms with E-state index in [0.29, 0.717) is 19.8 Å². The van der Waals surface area contributed by atoms with Gasteiger partial charge in [-0.1, -0.05) is 23.7 Å². The molecule has 0 amide bonds. The fourth-order valence-electron chi connectivity index (χ4n) is 1.46. The highest BCUT2D eigenvalue weighted by Gasteiger charge is 2.01. The lowest BCUT2D eigenvalue weighted by Crippen LogP contribution is -1.94. The van der Waals surface area contributed by atoms with E-state index in [1.165, 1.54) is 0 Å². The first-order valence-corrected chi connectivity index (χ1v) is 5.75. The van der Waals surface area contributed by atoms with Gasteiger partial charge in [-0.3, -0.25) is 0 Å². The van der Waals surface area contributed by atoms with Crippen molar-refractivity contribution in [3.05, 3.63) is 58.5 Å². The minimum Gasteiger partial charge on any atom is -0.462 e. The maximum Gasteiger partial charge on any atom is 0.129 e. The van der Waals surface area contributed by atoms with E-state index in [4.69, 9.17) is 26.5 Å². The molecule has 2 N–H and O–H groups in total. The third-order valence-electron chi connectivity index (χ3n) is 2.34. The van der Waals surface area contributed by atoms with Crippen molar-refractivity contribution < 1.29 is 9.15 Å². The Bertz CT molecular complexity index is 465. The first kappa shape index (κ1) is 12.2. The van der Waals surface area contributed by atoms with Gasteiger partial charge in [-0.25, -0.2) is 0 Å². The SMILES string of the molecule is NCc1ccc(COCc2ccc(Cl)cc2)o1. The van der Waals surface area contributed by atoms with Crippen LogP contribution in [-0.4, -0.2) is 0 Å². The van der Waals surface area contributed by atoms with Crippen molar-refractivity contribution in [3.8, 4) is 0 Å². The van der Waals surface area contributed by atoms with Crippen LogP contribution in [0.2, 0.25) is 5.02 Å². The van der Waals surface area contributed by atoms with Crippen molar-refractivity contribution in [2.75, 3.05) is 0 Å². The summed E-state index contributed by atoms with van der Waals surface area (Å²) in [5.41, 5.74) is 6.53. The zero-order valence-electron chi connectivity index (χ0n) is 9.36. The summed E-state index contributed by atoms with van der Waals surface area (Å²) in [6.45, 7) is 1.40. The molecule has 1 aromatic heterocycles. The topological polar surface area (TPSA) is 48.4 Å². The number of hydrogen-bond acceptors (Lipinski definition) is 3. The van der Waals surface area contributed by atoms with Crippen molar-refractivity contribution in [2.45, 2.75) is 19.8 Å². The van der Waals surface area contributed by atoms with Gasteiger partial charge in [0.15, 0.2) is 0 Å². The first-order chi connectivity index (χ1) is 8.28. The normalized spacial score (nSPS) is 10.7. The highest BCUT2D eigenvalue weighted by atomic mass is 35.5. The standard InChI is InChI=1S/C13H14ClNO2/c14-11-3-1-10(2-4-11)8-16-9-13-6-5-12(7-15)17-13/h1-6H,7-9,15H2. The lowest BCUT2D eigenvalue weighted by atomic mass is 10.2. The summed E-state index contributed by atoms with van der Waals surface area (Å²) in [5, 5.41) is 0.729. The van der Waals surface area contributed by atoms with Crippen LogP contribution in [0.15, 0.2) is 40.8 Å². The van der Waals surface area contributed by atoms with Crippen LogP contribution < -0.4 is 5.73 Å². The van der Waals surface area contributed by atoms with E-state index in [1.807, 2.05) is 36.4 Å². The fraction of sp³-hybridized carbons (Fsp3) is 0.231. The molecule has 0 atom stereocenters. The van der Waals surface area contributed by atoms with Crippen molar-refractivity contribution in [2.24, 2.45) is 5.73 Å². The monoisotopic (exact) mass is 251 g/mol. The fourth-order valence-corrected chi connectivity index (χ4v) is 1.59. The molecule has 17 heavy (non-hydrogen) atoms. The lowest BCUT2D eigenvalue weighted by molar-refractivity contribution is 0.0921. The summed E-state index contributed by atoms with van der Waals surface area (Å²) in [5.74, 6) is 1.56. The van der Waals surface area contributed by atoms with Crippen molar-refractivity contribution >= 4 is 11.6 Å². The highest BCUT2D eigenvalue weighted by Crippen LogP contribution is 2.12. The molecular weight excluding hydrogens is 238 g/mol. The van der Waals surface area contributed by atoms with Gasteiger partial charge in [-0.05, 0) is 29.8 Å². The molecule has 0 radical (unpaired) electrons. The quantitative estimate of drug-likeness (QED) is 0.888. The summed E-state index contributed by atoms with van der Waals surface area (Å²) in [4.78, 5) is 0. The minimum atomic E-state index is 0.414. The molecule has 3 nitrogen and oxygen atoms in total. The summed E-state index contributed by atoms with van der Waals surface area (Å²) < 4.78 is 10.9. The van der Waals surface area contributed by atoms with Gasteiger partial charge >= 0.3 is 0 Å². The van der Waals surface area contributed by atoms with E-state index in [2.05, 4.69) is 0 Å². The largest absolute Gasteiger partial charge is 0.462 e. The van der Waals surface area contributed by atoms with Crippen LogP contribution in [-0.2, 0) is 24.5 Å². The number of hydrogen-bond donors (Lipinski definition) is 1. The Morgan fingerprint density at radius 1 is 1.00 bits per heavy atom. The smallest absolute Gasteiger partial charge is 0.129 e. The van der Waals surface area contributed by atoms with Crippen LogP contribution in [0.25, 0.3) is 0 Å². The molecule has 0 unspecified atom stereocenters. The van der Waals surface area contributed by atoms with Gasteiger partial charge in [0.2, 0.25) is 0 Å². The van der Waals surface area contributed by atoms with E-state index < -0.39 is 0 Å². The zero-order valence-corrected chi connectivity index (χ0v) is 10.1. The highest BCUT2D eigenvalue weighted by molar-refractivity contribution is 6.30. The molecule has 4 heteroatoms. The molecule has 0 saturated heterocycles. The third-order valence-corrected chi connectivity index (χ3v) is 2.60. The molecular formula is C13H14ClNO2. The molecule has 2 aromatic rings. The number of nitrogens with two attached hydrogens (primary N) is 1. The molecule has 0 aliphatic carbocycles. The van der Waals surface area contributed by atoms with E-state index in [9.17, 15) is 0 Å². The molecule has 0 aliphatic heterocycles. The molecule has 0 saturated carbocycles. The second-order valence-electron chi connectivity index (χ2n) is 3.69. The first-order valence-electron chi connectivity index (χ1n) is 5.38. The minimum absolute atomic E-state index is 0.414. The molecule has 2 rings (SSSR count). The Morgan fingerprint density at radius 3 is 2.35 bits per heavy atom. The predicted octanol–water partition coefficient (Wildman–Crippen LogP) is 3.11. The summed E-state index contributed by atoms with van der Waals surface area (Å²) in [7, 11) is 0. The summed E-state index contributed by atoms with van der Waals surface area (Å²) in [6, 6.07) is 11.3. The van der Waals surface area contributed by atoms with Crippen LogP contribution in [0.1, 0.15) is 17.1 Å². The molecule has 0 fully saturated rings. The van der Waals surface area contributed by atoms with Gasteiger partial charge in [0, 0.05) is 5.02 Å². The molecule has 0 bridgehead atoms. The van der Waals surface area contributed by atoms with Crippen LogP contribution in [0, 0.1) is 0 Å².